The fourth-order valence-electron chi connectivity index (χ4n) is 4.47. The van der Waals surface area contributed by atoms with Crippen molar-refractivity contribution in [1.29, 1.82) is 0 Å². The molecule has 27 heavy (non-hydrogen) atoms. The van der Waals surface area contributed by atoms with Gasteiger partial charge in [0.05, 0.1) is 13.0 Å². The summed E-state index contributed by atoms with van der Waals surface area (Å²) >= 11 is 0. The highest BCUT2D eigenvalue weighted by Crippen LogP contribution is 2.43. The monoisotopic (exact) mass is 372 g/mol. The van der Waals surface area contributed by atoms with Gasteiger partial charge in [0, 0.05) is 17.9 Å². The van der Waals surface area contributed by atoms with Crippen LogP contribution in [0.2, 0.25) is 0 Å². The molecule has 0 bridgehead atoms. The van der Waals surface area contributed by atoms with Crippen LogP contribution < -0.4 is 4.74 Å². The molecule has 0 heterocycles. The third-order valence-electron chi connectivity index (χ3n) is 6.29. The van der Waals surface area contributed by atoms with Crippen LogP contribution in [-0.2, 0) is 20.7 Å². The second kappa shape index (κ2) is 8.45. The summed E-state index contributed by atoms with van der Waals surface area (Å²) in [5.41, 5.74) is 0.880. The SMILES string of the molecule is COc1ccccc1CC(=O)[C@H]1C[C@@H]1C(=O)O[C@@H]1C[C@H](C)CC[C@H]1C(C)C. The molecular formula is C23H32O4. The number of para-hydroxylation sites is 1. The topological polar surface area (TPSA) is 52.6 Å². The van der Waals surface area contributed by atoms with Gasteiger partial charge in [0.1, 0.15) is 17.6 Å². The lowest BCUT2D eigenvalue weighted by Crippen LogP contribution is -2.36. The normalized spacial score (nSPS) is 30.0. The van der Waals surface area contributed by atoms with Crippen LogP contribution in [0, 0.1) is 29.6 Å². The number of Topliss-reactive ketones (excluding diaryl/α,β-unsaturated/α-hetero) is 1. The highest BCUT2D eigenvalue weighted by molar-refractivity contribution is 5.92. The van der Waals surface area contributed by atoms with E-state index in [1.165, 1.54) is 6.42 Å². The molecule has 0 N–H and O–H groups in total. The van der Waals surface area contributed by atoms with Gasteiger partial charge in [-0.1, -0.05) is 45.4 Å². The minimum absolute atomic E-state index is 0.00631. The highest BCUT2D eigenvalue weighted by Gasteiger charge is 2.49. The fourth-order valence-corrected chi connectivity index (χ4v) is 4.47. The second-order valence-corrected chi connectivity index (χ2v) is 8.71. The molecule has 1 aromatic carbocycles. The van der Waals surface area contributed by atoms with E-state index in [-0.39, 0.29) is 29.7 Å². The number of hydrogen-bond acceptors (Lipinski definition) is 4. The van der Waals surface area contributed by atoms with Crippen molar-refractivity contribution in [2.75, 3.05) is 7.11 Å². The van der Waals surface area contributed by atoms with Crippen LogP contribution in [-0.4, -0.2) is 25.0 Å². The third kappa shape index (κ3) is 4.72. The lowest BCUT2D eigenvalue weighted by atomic mass is 9.75. The minimum Gasteiger partial charge on any atom is -0.496 e. The smallest absolute Gasteiger partial charge is 0.309 e. The maximum Gasteiger partial charge on any atom is 0.309 e. The van der Waals surface area contributed by atoms with Crippen LogP contribution in [0.4, 0.5) is 0 Å². The molecule has 1 aromatic rings. The lowest BCUT2D eigenvalue weighted by Gasteiger charge is -2.36. The molecule has 2 saturated carbocycles. The predicted octanol–water partition coefficient (Wildman–Crippen LogP) is 4.45. The van der Waals surface area contributed by atoms with Gasteiger partial charge in [-0.25, -0.2) is 0 Å². The Balaban J connectivity index is 1.56. The Morgan fingerprint density at radius 3 is 2.56 bits per heavy atom. The fraction of sp³-hybridized carbons (Fsp3) is 0.652. The molecule has 0 saturated heterocycles. The van der Waals surface area contributed by atoms with E-state index in [1.807, 2.05) is 24.3 Å². The van der Waals surface area contributed by atoms with E-state index in [2.05, 4.69) is 20.8 Å². The molecule has 0 amide bonds. The molecule has 0 unspecified atom stereocenters. The first-order valence-electron chi connectivity index (χ1n) is 10.3. The summed E-state index contributed by atoms with van der Waals surface area (Å²) in [6, 6.07) is 7.56. The van der Waals surface area contributed by atoms with Crippen molar-refractivity contribution in [1.82, 2.24) is 0 Å². The average molecular weight is 373 g/mol. The van der Waals surface area contributed by atoms with Crippen molar-refractivity contribution >= 4 is 11.8 Å². The van der Waals surface area contributed by atoms with Crippen LogP contribution in [0.5, 0.6) is 5.75 Å². The molecule has 0 spiro atoms. The number of ether oxygens (including phenoxy) is 2. The van der Waals surface area contributed by atoms with Crippen LogP contribution in [0.3, 0.4) is 0 Å². The van der Waals surface area contributed by atoms with Gasteiger partial charge in [0.2, 0.25) is 0 Å². The van der Waals surface area contributed by atoms with Gasteiger partial charge >= 0.3 is 5.97 Å². The molecular weight excluding hydrogens is 340 g/mol. The number of methoxy groups -OCH3 is 1. The summed E-state index contributed by atoms with van der Waals surface area (Å²) in [5, 5.41) is 0. The maximum atomic E-state index is 12.6. The van der Waals surface area contributed by atoms with E-state index in [0.717, 1.165) is 24.2 Å². The van der Waals surface area contributed by atoms with Crippen molar-refractivity contribution in [3.63, 3.8) is 0 Å². The van der Waals surface area contributed by atoms with Crippen molar-refractivity contribution in [3.05, 3.63) is 29.8 Å². The van der Waals surface area contributed by atoms with E-state index in [9.17, 15) is 9.59 Å². The molecule has 0 aromatic heterocycles. The molecule has 4 nitrogen and oxygen atoms in total. The predicted molar refractivity (Wildman–Crippen MR) is 105 cm³/mol. The zero-order valence-electron chi connectivity index (χ0n) is 16.9. The first kappa shape index (κ1) is 19.9. The quantitative estimate of drug-likeness (QED) is 0.664. The van der Waals surface area contributed by atoms with Gasteiger partial charge in [-0.3, -0.25) is 9.59 Å². The number of carbonyl (C=O) groups is 2. The molecule has 3 rings (SSSR count). The summed E-state index contributed by atoms with van der Waals surface area (Å²) in [4.78, 5) is 25.3. The van der Waals surface area contributed by atoms with Crippen molar-refractivity contribution in [3.8, 4) is 5.75 Å². The van der Waals surface area contributed by atoms with Gasteiger partial charge in [-0.05, 0) is 43.1 Å². The average Bonchev–Trinajstić information content (AvgIpc) is 3.43. The Bertz CT molecular complexity index is 681. The summed E-state index contributed by atoms with van der Waals surface area (Å²) in [6.07, 6.45) is 4.22. The Morgan fingerprint density at radius 1 is 1.11 bits per heavy atom. The maximum absolute atomic E-state index is 12.6. The van der Waals surface area contributed by atoms with Gasteiger partial charge in [0.15, 0.2) is 0 Å². The van der Waals surface area contributed by atoms with Crippen molar-refractivity contribution in [2.24, 2.45) is 29.6 Å². The number of carbonyl (C=O) groups excluding carboxylic acids is 2. The lowest BCUT2D eigenvalue weighted by molar-refractivity contribution is -0.158. The van der Waals surface area contributed by atoms with E-state index in [0.29, 0.717) is 30.6 Å². The standard InChI is InChI=1S/C23H32O4/c1-14(2)17-10-9-15(3)11-22(17)27-23(25)19-13-18(19)20(24)12-16-7-5-6-8-21(16)26-4/h5-8,14-15,17-19,22H,9-13H2,1-4H3/t15-,17+,18+,19+,22-/m1/s1. The number of benzene rings is 1. The molecule has 2 aliphatic carbocycles. The Labute approximate surface area is 162 Å². The molecule has 148 valence electrons. The number of esters is 1. The Morgan fingerprint density at radius 2 is 1.85 bits per heavy atom. The van der Waals surface area contributed by atoms with E-state index in [4.69, 9.17) is 9.47 Å². The summed E-state index contributed by atoms with van der Waals surface area (Å²) in [5.74, 6) is 1.76. The van der Waals surface area contributed by atoms with E-state index in [1.54, 1.807) is 7.11 Å². The van der Waals surface area contributed by atoms with Crippen LogP contribution in [0.25, 0.3) is 0 Å². The zero-order chi connectivity index (χ0) is 19.6. The van der Waals surface area contributed by atoms with Gasteiger partial charge in [-0.2, -0.15) is 0 Å². The van der Waals surface area contributed by atoms with Crippen LogP contribution in [0.15, 0.2) is 24.3 Å². The largest absolute Gasteiger partial charge is 0.496 e. The highest BCUT2D eigenvalue weighted by atomic mass is 16.5. The summed E-state index contributed by atoms with van der Waals surface area (Å²) < 4.78 is 11.2. The minimum atomic E-state index is -0.253. The van der Waals surface area contributed by atoms with E-state index < -0.39 is 0 Å². The molecule has 5 atom stereocenters. The summed E-state index contributed by atoms with van der Waals surface area (Å²) in [6.45, 7) is 6.64. The molecule has 0 radical (unpaired) electrons. The number of rotatable bonds is 7. The van der Waals surface area contributed by atoms with Crippen molar-refractivity contribution < 1.29 is 19.1 Å². The van der Waals surface area contributed by atoms with Crippen LogP contribution in [0.1, 0.15) is 52.0 Å². The second-order valence-electron chi connectivity index (χ2n) is 8.71. The van der Waals surface area contributed by atoms with Gasteiger partial charge < -0.3 is 9.47 Å². The third-order valence-corrected chi connectivity index (χ3v) is 6.29. The molecule has 2 fully saturated rings. The summed E-state index contributed by atoms with van der Waals surface area (Å²) in [7, 11) is 1.61. The van der Waals surface area contributed by atoms with Crippen LogP contribution >= 0.6 is 0 Å². The van der Waals surface area contributed by atoms with Gasteiger partial charge in [-0.15, -0.1) is 0 Å². The Hall–Kier alpha value is -1.84. The van der Waals surface area contributed by atoms with Gasteiger partial charge in [0.25, 0.3) is 0 Å². The number of ketones is 1. The molecule has 0 aliphatic heterocycles. The molecule has 2 aliphatic rings. The van der Waals surface area contributed by atoms with E-state index >= 15 is 0 Å². The first-order chi connectivity index (χ1) is 12.9. The Kier molecular flexibility index (Phi) is 6.23. The molecule has 4 heteroatoms. The number of hydrogen-bond donors (Lipinski definition) is 0. The zero-order valence-corrected chi connectivity index (χ0v) is 16.9. The van der Waals surface area contributed by atoms with Crippen molar-refractivity contribution in [2.45, 2.75) is 59.0 Å². The first-order valence-corrected chi connectivity index (χ1v) is 10.3.